The molecule has 1 aromatic rings. The van der Waals surface area contributed by atoms with Crippen molar-refractivity contribution in [2.75, 3.05) is 21.3 Å². The molecule has 0 unspecified atom stereocenters. The third-order valence-corrected chi connectivity index (χ3v) is 2.75. The number of carbonyl (C=O) groups is 1. The summed E-state index contributed by atoms with van der Waals surface area (Å²) in [6.07, 6.45) is 0.0336. The largest absolute Gasteiger partial charge is 0.493 e. The van der Waals surface area contributed by atoms with Gasteiger partial charge in [0, 0.05) is 5.56 Å². The molecule has 0 spiro atoms. The fourth-order valence-corrected chi connectivity index (χ4v) is 1.88. The summed E-state index contributed by atoms with van der Waals surface area (Å²) in [6, 6.07) is 3.54. The van der Waals surface area contributed by atoms with E-state index in [9.17, 15) is 4.79 Å². The van der Waals surface area contributed by atoms with E-state index >= 15 is 0 Å². The first-order valence-corrected chi connectivity index (χ1v) is 5.55. The predicted molar refractivity (Wildman–Crippen MR) is 66.8 cm³/mol. The SMILES string of the molecule is COc1ccc([C@@H](C)CC(=O)O)c(OC)c1OC. The van der Waals surface area contributed by atoms with Crippen LogP contribution >= 0.6 is 0 Å². The molecule has 5 heteroatoms. The molecule has 18 heavy (non-hydrogen) atoms. The van der Waals surface area contributed by atoms with E-state index in [2.05, 4.69) is 0 Å². The van der Waals surface area contributed by atoms with Gasteiger partial charge in [-0.05, 0) is 12.0 Å². The summed E-state index contributed by atoms with van der Waals surface area (Å²) in [6.45, 7) is 1.83. The lowest BCUT2D eigenvalue weighted by atomic mass is 9.96. The maximum atomic E-state index is 10.8. The van der Waals surface area contributed by atoms with Crippen LogP contribution < -0.4 is 14.2 Å². The standard InChI is InChI=1S/C13H18O5/c1-8(7-11(14)15)9-5-6-10(16-2)13(18-4)12(9)17-3/h5-6,8H,7H2,1-4H3,(H,14,15)/t8-/m0/s1. The molecule has 0 saturated carbocycles. The minimum absolute atomic E-state index is 0.0336. The maximum Gasteiger partial charge on any atom is 0.303 e. The average molecular weight is 254 g/mol. The van der Waals surface area contributed by atoms with E-state index in [0.29, 0.717) is 17.2 Å². The van der Waals surface area contributed by atoms with E-state index in [1.807, 2.05) is 6.92 Å². The van der Waals surface area contributed by atoms with Gasteiger partial charge in [-0.15, -0.1) is 0 Å². The lowest BCUT2D eigenvalue weighted by Crippen LogP contribution is -2.06. The van der Waals surface area contributed by atoms with E-state index in [-0.39, 0.29) is 12.3 Å². The van der Waals surface area contributed by atoms with Crippen LogP contribution in [0.4, 0.5) is 0 Å². The Morgan fingerprint density at radius 3 is 2.22 bits per heavy atom. The average Bonchev–Trinajstić information content (AvgIpc) is 2.35. The molecule has 0 fully saturated rings. The zero-order valence-corrected chi connectivity index (χ0v) is 11.0. The second-order valence-corrected chi connectivity index (χ2v) is 3.92. The molecule has 0 aliphatic rings. The van der Waals surface area contributed by atoms with Gasteiger partial charge in [0.1, 0.15) is 0 Å². The summed E-state index contributed by atoms with van der Waals surface area (Å²) in [7, 11) is 4.58. The zero-order valence-electron chi connectivity index (χ0n) is 11.0. The van der Waals surface area contributed by atoms with Crippen molar-refractivity contribution < 1.29 is 24.1 Å². The van der Waals surface area contributed by atoms with E-state index in [1.54, 1.807) is 12.1 Å². The van der Waals surface area contributed by atoms with Gasteiger partial charge in [0.15, 0.2) is 11.5 Å². The van der Waals surface area contributed by atoms with Crippen molar-refractivity contribution in [1.29, 1.82) is 0 Å². The van der Waals surface area contributed by atoms with Gasteiger partial charge in [0.25, 0.3) is 0 Å². The molecule has 0 bridgehead atoms. The van der Waals surface area contributed by atoms with Crippen LogP contribution in [0.5, 0.6) is 17.2 Å². The minimum Gasteiger partial charge on any atom is -0.493 e. The van der Waals surface area contributed by atoms with Crippen molar-refractivity contribution in [3.05, 3.63) is 17.7 Å². The molecule has 0 aromatic heterocycles. The number of hydrogen-bond acceptors (Lipinski definition) is 4. The highest BCUT2D eigenvalue weighted by Crippen LogP contribution is 2.43. The lowest BCUT2D eigenvalue weighted by molar-refractivity contribution is -0.137. The highest BCUT2D eigenvalue weighted by molar-refractivity contribution is 5.69. The van der Waals surface area contributed by atoms with Crippen LogP contribution in [0.1, 0.15) is 24.8 Å². The molecule has 5 nitrogen and oxygen atoms in total. The molecule has 0 saturated heterocycles. The number of hydrogen-bond donors (Lipinski definition) is 1. The predicted octanol–water partition coefficient (Wildman–Crippen LogP) is 2.29. The summed E-state index contributed by atoms with van der Waals surface area (Å²) >= 11 is 0. The molecule has 0 aliphatic carbocycles. The molecule has 0 heterocycles. The number of carboxylic acids is 1. The smallest absolute Gasteiger partial charge is 0.303 e. The third kappa shape index (κ3) is 2.85. The second kappa shape index (κ2) is 6.14. The number of carboxylic acid groups (broad SMARTS) is 1. The second-order valence-electron chi connectivity index (χ2n) is 3.92. The fraction of sp³-hybridized carbons (Fsp3) is 0.462. The van der Waals surface area contributed by atoms with Crippen LogP contribution in [0.3, 0.4) is 0 Å². The Morgan fingerprint density at radius 2 is 1.78 bits per heavy atom. The van der Waals surface area contributed by atoms with Crippen LogP contribution in [0.2, 0.25) is 0 Å². The Balaban J connectivity index is 3.23. The molecule has 1 aromatic carbocycles. The topological polar surface area (TPSA) is 65.0 Å². The summed E-state index contributed by atoms with van der Waals surface area (Å²) < 4.78 is 15.7. The number of aliphatic carboxylic acids is 1. The first-order valence-electron chi connectivity index (χ1n) is 5.55. The number of methoxy groups -OCH3 is 3. The number of rotatable bonds is 6. The Labute approximate surface area is 106 Å². The molecule has 0 amide bonds. The molecular formula is C13H18O5. The first kappa shape index (κ1) is 14.2. The van der Waals surface area contributed by atoms with Crippen LogP contribution in [-0.2, 0) is 4.79 Å². The Morgan fingerprint density at radius 1 is 1.17 bits per heavy atom. The Hall–Kier alpha value is -1.91. The summed E-state index contributed by atoms with van der Waals surface area (Å²) in [5, 5.41) is 8.84. The van der Waals surface area contributed by atoms with Crippen molar-refractivity contribution in [3.8, 4) is 17.2 Å². The zero-order chi connectivity index (χ0) is 13.7. The van der Waals surface area contributed by atoms with Gasteiger partial charge in [-0.3, -0.25) is 4.79 Å². The fourth-order valence-electron chi connectivity index (χ4n) is 1.88. The normalized spacial score (nSPS) is 11.8. The molecule has 1 N–H and O–H groups in total. The quantitative estimate of drug-likeness (QED) is 0.843. The molecule has 0 radical (unpaired) electrons. The third-order valence-electron chi connectivity index (χ3n) is 2.75. The van der Waals surface area contributed by atoms with Crippen molar-refractivity contribution in [2.24, 2.45) is 0 Å². The van der Waals surface area contributed by atoms with Gasteiger partial charge < -0.3 is 19.3 Å². The van der Waals surface area contributed by atoms with Crippen molar-refractivity contribution >= 4 is 5.97 Å². The molecular weight excluding hydrogens is 236 g/mol. The monoisotopic (exact) mass is 254 g/mol. The highest BCUT2D eigenvalue weighted by Gasteiger charge is 2.21. The van der Waals surface area contributed by atoms with Crippen molar-refractivity contribution in [2.45, 2.75) is 19.3 Å². The first-order chi connectivity index (χ1) is 8.54. The molecule has 1 rings (SSSR count). The van der Waals surface area contributed by atoms with E-state index in [1.165, 1.54) is 21.3 Å². The number of ether oxygens (including phenoxy) is 3. The summed E-state index contributed by atoms with van der Waals surface area (Å²) in [5.74, 6) is 0.539. The summed E-state index contributed by atoms with van der Waals surface area (Å²) in [4.78, 5) is 10.8. The Kier molecular flexibility index (Phi) is 4.83. The summed E-state index contributed by atoms with van der Waals surface area (Å²) in [5.41, 5.74) is 0.789. The van der Waals surface area contributed by atoms with Gasteiger partial charge in [-0.25, -0.2) is 0 Å². The van der Waals surface area contributed by atoms with Gasteiger partial charge in [-0.1, -0.05) is 13.0 Å². The van der Waals surface area contributed by atoms with Crippen LogP contribution in [-0.4, -0.2) is 32.4 Å². The van der Waals surface area contributed by atoms with E-state index < -0.39 is 5.97 Å². The van der Waals surface area contributed by atoms with Crippen LogP contribution in [0, 0.1) is 0 Å². The molecule has 1 atom stereocenters. The lowest BCUT2D eigenvalue weighted by Gasteiger charge is -2.18. The minimum atomic E-state index is -0.848. The van der Waals surface area contributed by atoms with Gasteiger partial charge in [-0.2, -0.15) is 0 Å². The van der Waals surface area contributed by atoms with Gasteiger partial charge >= 0.3 is 5.97 Å². The van der Waals surface area contributed by atoms with E-state index in [4.69, 9.17) is 19.3 Å². The maximum absolute atomic E-state index is 10.8. The molecule has 100 valence electrons. The van der Waals surface area contributed by atoms with Crippen molar-refractivity contribution in [3.63, 3.8) is 0 Å². The molecule has 0 aliphatic heterocycles. The van der Waals surface area contributed by atoms with Gasteiger partial charge in [0.05, 0.1) is 27.8 Å². The van der Waals surface area contributed by atoms with Crippen LogP contribution in [0.15, 0.2) is 12.1 Å². The van der Waals surface area contributed by atoms with Gasteiger partial charge in [0.2, 0.25) is 5.75 Å². The van der Waals surface area contributed by atoms with E-state index in [0.717, 1.165) is 5.56 Å². The number of benzene rings is 1. The highest BCUT2D eigenvalue weighted by atomic mass is 16.5. The van der Waals surface area contributed by atoms with Crippen molar-refractivity contribution in [1.82, 2.24) is 0 Å². The Bertz CT molecular complexity index is 428. The van der Waals surface area contributed by atoms with Crippen LogP contribution in [0.25, 0.3) is 0 Å².